The molecule has 0 aromatic heterocycles. The lowest BCUT2D eigenvalue weighted by atomic mass is 9.93. The van der Waals surface area contributed by atoms with Gasteiger partial charge >= 0.3 is 11.9 Å². The van der Waals surface area contributed by atoms with Gasteiger partial charge in [-0.3, -0.25) is 9.69 Å². The SMILES string of the molecule is CCCN(Cc1cc(C(=O)OCCOC(=O)Cc2ccccc2Nc2c(Cl)cccc2Cl)cc(Br)c1N)C1CCCCC1. The number of nitrogens with zero attached hydrogens (tertiary/aromatic N) is 1. The number of nitrogens with two attached hydrogens (primary N) is 1. The molecule has 0 bridgehead atoms. The first-order valence-corrected chi connectivity index (χ1v) is 16.2. The van der Waals surface area contributed by atoms with Crippen molar-refractivity contribution in [1.29, 1.82) is 0 Å². The Bertz CT molecular complexity index is 1390. The van der Waals surface area contributed by atoms with Gasteiger partial charge in [-0.1, -0.05) is 73.7 Å². The predicted octanol–water partition coefficient (Wildman–Crippen LogP) is 8.57. The highest BCUT2D eigenvalue weighted by molar-refractivity contribution is 9.10. The third kappa shape index (κ3) is 9.35. The molecule has 0 amide bonds. The van der Waals surface area contributed by atoms with Crippen LogP contribution in [0.15, 0.2) is 59.1 Å². The van der Waals surface area contributed by atoms with Crippen molar-refractivity contribution in [2.75, 3.05) is 30.8 Å². The number of carbonyl (C=O) groups excluding carboxylic acids is 2. The summed E-state index contributed by atoms with van der Waals surface area (Å²) in [5.41, 5.74) is 10.3. The minimum Gasteiger partial charge on any atom is -0.462 e. The van der Waals surface area contributed by atoms with Gasteiger partial charge in [-0.05, 0) is 83.2 Å². The van der Waals surface area contributed by atoms with Crippen molar-refractivity contribution in [1.82, 2.24) is 4.90 Å². The summed E-state index contributed by atoms with van der Waals surface area (Å²) < 4.78 is 11.5. The fraction of sp³-hybridized carbons (Fsp3) is 0.394. The molecule has 230 valence electrons. The molecular weight excluding hydrogens is 653 g/mol. The second kappa shape index (κ2) is 16.3. The molecule has 4 rings (SSSR count). The Kier molecular flexibility index (Phi) is 12.6. The summed E-state index contributed by atoms with van der Waals surface area (Å²) in [5, 5.41) is 4.14. The van der Waals surface area contributed by atoms with Gasteiger partial charge < -0.3 is 20.5 Å². The van der Waals surface area contributed by atoms with Gasteiger partial charge in [0.05, 0.1) is 33.4 Å². The zero-order chi connectivity index (χ0) is 30.8. The first-order chi connectivity index (χ1) is 20.8. The molecule has 3 aromatic rings. The molecule has 0 spiro atoms. The molecule has 10 heteroatoms. The Morgan fingerprint density at radius 3 is 2.40 bits per heavy atom. The van der Waals surface area contributed by atoms with Gasteiger partial charge in [0.15, 0.2) is 0 Å². The Labute approximate surface area is 272 Å². The van der Waals surface area contributed by atoms with E-state index in [1.54, 1.807) is 24.3 Å². The Balaban J connectivity index is 1.31. The van der Waals surface area contributed by atoms with Crippen LogP contribution in [-0.2, 0) is 27.2 Å². The zero-order valence-electron chi connectivity index (χ0n) is 24.3. The van der Waals surface area contributed by atoms with E-state index in [1.165, 1.54) is 32.1 Å². The minimum atomic E-state index is -0.496. The van der Waals surface area contributed by atoms with E-state index in [0.29, 0.717) is 55.3 Å². The largest absolute Gasteiger partial charge is 0.462 e. The van der Waals surface area contributed by atoms with Crippen molar-refractivity contribution in [3.63, 3.8) is 0 Å². The Hall–Kier alpha value is -2.78. The predicted molar refractivity (Wildman–Crippen MR) is 177 cm³/mol. The first-order valence-electron chi connectivity index (χ1n) is 14.7. The number of anilines is 3. The number of ether oxygens (including phenoxy) is 2. The summed E-state index contributed by atoms with van der Waals surface area (Å²) in [6.45, 7) is 3.71. The van der Waals surface area contributed by atoms with Crippen LogP contribution >= 0.6 is 39.1 Å². The lowest BCUT2D eigenvalue weighted by molar-refractivity contribution is -0.143. The van der Waals surface area contributed by atoms with Crippen molar-refractivity contribution in [2.24, 2.45) is 0 Å². The monoisotopic (exact) mass is 689 g/mol. The van der Waals surface area contributed by atoms with Gasteiger partial charge in [-0.15, -0.1) is 0 Å². The lowest BCUT2D eigenvalue weighted by Crippen LogP contribution is -2.37. The summed E-state index contributed by atoms with van der Waals surface area (Å²) in [7, 11) is 0. The number of hydrogen-bond donors (Lipinski definition) is 2. The van der Waals surface area contributed by atoms with Crippen molar-refractivity contribution in [3.8, 4) is 0 Å². The van der Waals surface area contributed by atoms with Crippen LogP contribution < -0.4 is 11.1 Å². The number of benzene rings is 3. The molecule has 3 aromatic carbocycles. The number of halogens is 3. The lowest BCUT2D eigenvalue weighted by Gasteiger charge is -2.34. The molecule has 0 heterocycles. The molecule has 1 aliphatic rings. The number of esters is 2. The van der Waals surface area contributed by atoms with Gasteiger partial charge in [0.25, 0.3) is 0 Å². The standard InChI is InChI=1S/C33H38BrCl2N3O4/c1-2-15-39(25-10-4-3-5-11-25)21-24-18-23(19-26(34)31(24)37)33(41)43-17-16-42-30(40)20-22-9-6-7-14-29(22)38-32-27(35)12-8-13-28(32)36/h6-9,12-14,18-19,25,38H,2-5,10-11,15-17,20-21,37H2,1H3. The molecule has 0 unspecified atom stereocenters. The van der Waals surface area contributed by atoms with Crippen molar-refractivity contribution < 1.29 is 19.1 Å². The average Bonchev–Trinajstić information content (AvgIpc) is 3.00. The smallest absolute Gasteiger partial charge is 0.338 e. The summed E-state index contributed by atoms with van der Waals surface area (Å²) in [6, 6.07) is 16.6. The molecule has 1 aliphatic carbocycles. The number of para-hydroxylation sites is 2. The van der Waals surface area contributed by atoms with Crippen LogP contribution in [-0.4, -0.2) is 42.6 Å². The van der Waals surface area contributed by atoms with Crippen LogP contribution in [0.2, 0.25) is 10.0 Å². The first kappa shape index (κ1) is 33.1. The maximum atomic E-state index is 12.9. The molecule has 1 saturated carbocycles. The molecular formula is C33H38BrCl2N3O4. The van der Waals surface area contributed by atoms with E-state index in [-0.39, 0.29) is 19.6 Å². The van der Waals surface area contributed by atoms with E-state index in [0.717, 1.165) is 18.5 Å². The number of hydrogen-bond acceptors (Lipinski definition) is 7. The summed E-state index contributed by atoms with van der Waals surface area (Å²) in [5.74, 6) is -0.948. The molecule has 0 saturated heterocycles. The van der Waals surface area contributed by atoms with Gasteiger partial charge in [0.1, 0.15) is 13.2 Å². The van der Waals surface area contributed by atoms with E-state index in [1.807, 2.05) is 30.3 Å². The number of nitrogens with one attached hydrogen (secondary N) is 1. The maximum Gasteiger partial charge on any atom is 0.338 e. The van der Waals surface area contributed by atoms with Gasteiger partial charge in [-0.25, -0.2) is 4.79 Å². The summed E-state index contributed by atoms with van der Waals surface area (Å²) in [6.07, 6.45) is 7.26. The molecule has 0 aliphatic heterocycles. The summed E-state index contributed by atoms with van der Waals surface area (Å²) >= 11 is 16.1. The van der Waals surface area contributed by atoms with E-state index in [2.05, 4.69) is 33.1 Å². The van der Waals surface area contributed by atoms with Crippen LogP contribution in [0.5, 0.6) is 0 Å². The minimum absolute atomic E-state index is 0.0166. The molecule has 3 N–H and O–H groups in total. The molecule has 43 heavy (non-hydrogen) atoms. The molecule has 1 fully saturated rings. The number of nitrogen functional groups attached to an aromatic ring is 1. The molecule has 0 atom stereocenters. The third-order valence-corrected chi connectivity index (χ3v) is 8.87. The third-order valence-electron chi connectivity index (χ3n) is 7.58. The Morgan fingerprint density at radius 2 is 1.67 bits per heavy atom. The van der Waals surface area contributed by atoms with Crippen LogP contribution in [0.3, 0.4) is 0 Å². The quantitative estimate of drug-likeness (QED) is 0.105. The fourth-order valence-electron chi connectivity index (χ4n) is 5.39. The second-order valence-corrected chi connectivity index (χ2v) is 12.4. The van der Waals surface area contributed by atoms with Crippen molar-refractivity contribution >= 4 is 68.1 Å². The number of rotatable bonds is 13. The normalized spacial score (nSPS) is 13.6. The highest BCUT2D eigenvalue weighted by Crippen LogP contribution is 2.34. The fourth-order valence-corrected chi connectivity index (χ4v) is 6.39. The van der Waals surface area contributed by atoms with E-state index in [9.17, 15) is 9.59 Å². The average molecular weight is 691 g/mol. The van der Waals surface area contributed by atoms with Crippen LogP contribution in [0.1, 0.15) is 66.9 Å². The molecule has 0 radical (unpaired) electrons. The van der Waals surface area contributed by atoms with E-state index in [4.69, 9.17) is 38.4 Å². The van der Waals surface area contributed by atoms with Gasteiger partial charge in [-0.2, -0.15) is 0 Å². The van der Waals surface area contributed by atoms with E-state index < -0.39 is 11.9 Å². The van der Waals surface area contributed by atoms with Crippen molar-refractivity contribution in [2.45, 2.75) is 64.5 Å². The topological polar surface area (TPSA) is 93.9 Å². The van der Waals surface area contributed by atoms with Gasteiger partial charge in [0, 0.05) is 22.7 Å². The van der Waals surface area contributed by atoms with Crippen LogP contribution in [0.25, 0.3) is 0 Å². The highest BCUT2D eigenvalue weighted by atomic mass is 79.9. The summed E-state index contributed by atoms with van der Waals surface area (Å²) in [4.78, 5) is 28.0. The van der Waals surface area contributed by atoms with Crippen molar-refractivity contribution in [3.05, 3.63) is 85.8 Å². The van der Waals surface area contributed by atoms with E-state index >= 15 is 0 Å². The van der Waals surface area contributed by atoms with Gasteiger partial charge in [0.2, 0.25) is 0 Å². The maximum absolute atomic E-state index is 12.9. The second-order valence-electron chi connectivity index (χ2n) is 10.7. The molecule has 7 nitrogen and oxygen atoms in total. The van der Waals surface area contributed by atoms with Crippen LogP contribution in [0.4, 0.5) is 17.1 Å². The van der Waals surface area contributed by atoms with Crippen LogP contribution in [0, 0.1) is 0 Å². The zero-order valence-corrected chi connectivity index (χ0v) is 27.4. The Morgan fingerprint density at radius 1 is 0.977 bits per heavy atom. The highest BCUT2D eigenvalue weighted by Gasteiger charge is 2.23. The number of carbonyl (C=O) groups is 2.